The molecule has 4 aromatic carbocycles. The zero-order valence-corrected chi connectivity index (χ0v) is 19.4. The van der Waals surface area contributed by atoms with E-state index in [4.69, 9.17) is 0 Å². The van der Waals surface area contributed by atoms with Crippen molar-refractivity contribution in [2.45, 2.75) is 6.92 Å². The molecule has 1 nitrogen and oxygen atoms in total. The van der Waals surface area contributed by atoms with Gasteiger partial charge < -0.3 is 0 Å². The largest absolute Gasteiger partial charge is 0.234 e. The second-order valence-electron chi connectivity index (χ2n) is 7.30. The van der Waals surface area contributed by atoms with E-state index in [1.807, 2.05) is 6.07 Å². The number of fused-ring (bicyclic) bond motifs is 2. The molecule has 0 fully saturated rings. The quantitative estimate of drug-likeness (QED) is 0.176. The van der Waals surface area contributed by atoms with E-state index in [2.05, 4.69) is 110 Å². The molecule has 1 radical (unpaired) electrons. The number of benzene rings is 4. The van der Waals surface area contributed by atoms with Crippen LogP contribution in [0.5, 0.6) is 0 Å². The molecule has 0 saturated carbocycles. The summed E-state index contributed by atoms with van der Waals surface area (Å²) in [6.45, 7) is 2.14. The molecule has 5 rings (SSSR count). The van der Waals surface area contributed by atoms with Crippen LogP contribution in [0.4, 0.5) is 0 Å². The van der Waals surface area contributed by atoms with Crippen LogP contribution in [0.2, 0.25) is 0 Å². The van der Waals surface area contributed by atoms with E-state index in [9.17, 15) is 0 Å². The monoisotopic (exact) mass is 447 g/mol. The molecule has 5 aromatic rings. The number of hydrogen-bond acceptors (Lipinski definition) is 0. The van der Waals surface area contributed by atoms with Gasteiger partial charge in [-0.2, -0.15) is 29.8 Å². The smallest absolute Gasteiger partial charge is 0.161 e. The second kappa shape index (κ2) is 8.18. The number of aromatic nitrogens is 1. The van der Waals surface area contributed by atoms with Crippen LogP contribution in [0.1, 0.15) is 5.56 Å². The summed E-state index contributed by atoms with van der Waals surface area (Å²) < 4.78 is 2.14. The van der Waals surface area contributed by atoms with Crippen molar-refractivity contribution in [1.82, 2.24) is 0 Å². The third-order valence-electron chi connectivity index (χ3n) is 5.39. The van der Waals surface area contributed by atoms with E-state index >= 15 is 0 Å². The number of pyridine rings is 1. The number of hydrogen-bond donors (Lipinski definition) is 0. The van der Waals surface area contributed by atoms with Crippen molar-refractivity contribution < 1.29 is 37.3 Å². The Bertz CT molecular complexity index is 1340. The SMILES string of the molecule is Cc1ccc(-c2[c-]cc3cc4ccccc4cc3c2)[c-]c1-c1cccc[n+]1C.[Y]. The molecule has 0 aliphatic heterocycles. The van der Waals surface area contributed by atoms with Gasteiger partial charge in [0.1, 0.15) is 12.7 Å². The van der Waals surface area contributed by atoms with Crippen molar-refractivity contribution >= 4 is 21.5 Å². The molecule has 0 spiro atoms. The van der Waals surface area contributed by atoms with Gasteiger partial charge in [0.05, 0.1) is 0 Å². The average Bonchev–Trinajstić information content (AvgIpc) is 2.73. The Labute approximate surface area is 196 Å². The molecular formula is C27H20NY-. The van der Waals surface area contributed by atoms with Gasteiger partial charge in [0.2, 0.25) is 0 Å². The normalized spacial score (nSPS) is 10.8. The first-order valence-electron chi connectivity index (χ1n) is 9.52. The van der Waals surface area contributed by atoms with Gasteiger partial charge in [0.25, 0.3) is 0 Å². The van der Waals surface area contributed by atoms with Crippen LogP contribution < -0.4 is 4.57 Å². The van der Waals surface area contributed by atoms with E-state index in [-0.39, 0.29) is 32.7 Å². The van der Waals surface area contributed by atoms with Crippen molar-refractivity contribution in [2.24, 2.45) is 7.05 Å². The van der Waals surface area contributed by atoms with Gasteiger partial charge in [-0.1, -0.05) is 55.0 Å². The molecule has 0 aliphatic rings. The van der Waals surface area contributed by atoms with Gasteiger partial charge in [-0.15, -0.1) is 28.5 Å². The molecule has 0 amide bonds. The van der Waals surface area contributed by atoms with Crippen LogP contribution in [0, 0.1) is 19.1 Å². The Hall–Kier alpha value is -2.35. The average molecular weight is 447 g/mol. The van der Waals surface area contributed by atoms with Gasteiger partial charge in [-0.25, -0.2) is 10.1 Å². The third kappa shape index (κ3) is 3.78. The Morgan fingerprint density at radius 3 is 2.21 bits per heavy atom. The summed E-state index contributed by atoms with van der Waals surface area (Å²) in [6, 6.07) is 35.0. The van der Waals surface area contributed by atoms with Crippen LogP contribution in [-0.2, 0) is 39.8 Å². The molecule has 137 valence electrons. The molecule has 2 heteroatoms. The summed E-state index contributed by atoms with van der Waals surface area (Å²) in [4.78, 5) is 0. The van der Waals surface area contributed by atoms with Gasteiger partial charge in [0, 0.05) is 38.8 Å². The summed E-state index contributed by atoms with van der Waals surface area (Å²) >= 11 is 0. The van der Waals surface area contributed by atoms with Gasteiger partial charge >= 0.3 is 0 Å². The standard InChI is InChI=1S/C27H20N.Y/c1-19-10-11-24(18-26(19)27-9-5-6-14-28(27)2)22-12-13-23-15-20-7-3-4-8-21(20)16-25(23)17-22;/h3-11,13-17H,1-2H3;/q-1;. The van der Waals surface area contributed by atoms with E-state index in [1.54, 1.807) is 0 Å². The topological polar surface area (TPSA) is 3.88 Å². The fourth-order valence-corrected chi connectivity index (χ4v) is 3.81. The van der Waals surface area contributed by atoms with Crippen LogP contribution in [-0.4, -0.2) is 0 Å². The maximum absolute atomic E-state index is 3.64. The van der Waals surface area contributed by atoms with Crippen molar-refractivity contribution in [1.29, 1.82) is 0 Å². The molecule has 0 N–H and O–H groups in total. The van der Waals surface area contributed by atoms with E-state index in [0.29, 0.717) is 0 Å². The van der Waals surface area contributed by atoms with Gasteiger partial charge in [0.15, 0.2) is 6.20 Å². The van der Waals surface area contributed by atoms with E-state index in [1.165, 1.54) is 27.1 Å². The van der Waals surface area contributed by atoms with Gasteiger partial charge in [-0.05, 0) is 16.8 Å². The van der Waals surface area contributed by atoms with Crippen molar-refractivity contribution in [2.75, 3.05) is 0 Å². The predicted octanol–water partition coefficient (Wildman–Crippen LogP) is 6.06. The van der Waals surface area contributed by atoms with Crippen LogP contribution in [0.25, 0.3) is 43.9 Å². The number of aryl methyl sites for hydroxylation is 2. The van der Waals surface area contributed by atoms with Crippen LogP contribution in [0.15, 0.2) is 85.1 Å². The molecule has 1 aromatic heterocycles. The minimum atomic E-state index is 0. The zero-order valence-electron chi connectivity index (χ0n) is 16.6. The molecule has 0 aliphatic carbocycles. The molecule has 0 saturated heterocycles. The molecular weight excluding hydrogens is 427 g/mol. The van der Waals surface area contributed by atoms with Crippen molar-refractivity contribution in [3.05, 3.63) is 103 Å². The summed E-state index contributed by atoms with van der Waals surface area (Å²) in [7, 11) is 2.07. The van der Waals surface area contributed by atoms with Crippen LogP contribution >= 0.6 is 0 Å². The van der Waals surface area contributed by atoms with Crippen molar-refractivity contribution in [3.8, 4) is 22.4 Å². The Balaban J connectivity index is 0.00000205. The number of nitrogens with zero attached hydrogens (tertiary/aromatic N) is 1. The Kier molecular flexibility index (Phi) is 5.63. The first kappa shape index (κ1) is 19.9. The molecule has 0 bridgehead atoms. The predicted molar refractivity (Wildman–Crippen MR) is 116 cm³/mol. The first-order chi connectivity index (χ1) is 13.7. The van der Waals surface area contributed by atoms with Crippen LogP contribution in [0.3, 0.4) is 0 Å². The minimum Gasteiger partial charge on any atom is -0.234 e. The summed E-state index contributed by atoms with van der Waals surface area (Å²) in [5.41, 5.74) is 5.65. The first-order valence-corrected chi connectivity index (χ1v) is 9.52. The summed E-state index contributed by atoms with van der Waals surface area (Å²) in [5.74, 6) is 0. The maximum Gasteiger partial charge on any atom is 0.161 e. The van der Waals surface area contributed by atoms with E-state index in [0.717, 1.165) is 22.4 Å². The fourth-order valence-electron chi connectivity index (χ4n) is 3.81. The maximum atomic E-state index is 3.64. The fraction of sp³-hybridized carbons (Fsp3) is 0.0741. The molecule has 29 heavy (non-hydrogen) atoms. The van der Waals surface area contributed by atoms with Gasteiger partial charge in [-0.3, -0.25) is 0 Å². The second-order valence-corrected chi connectivity index (χ2v) is 7.30. The summed E-state index contributed by atoms with van der Waals surface area (Å²) in [5, 5.41) is 4.96. The molecule has 0 atom stereocenters. The number of rotatable bonds is 2. The van der Waals surface area contributed by atoms with E-state index < -0.39 is 0 Å². The minimum absolute atomic E-state index is 0. The zero-order chi connectivity index (χ0) is 19.1. The third-order valence-corrected chi connectivity index (χ3v) is 5.39. The van der Waals surface area contributed by atoms with Crippen molar-refractivity contribution in [3.63, 3.8) is 0 Å². The Morgan fingerprint density at radius 1 is 0.724 bits per heavy atom. The molecule has 1 heterocycles. The summed E-state index contributed by atoms with van der Waals surface area (Å²) in [6.07, 6.45) is 2.07. The molecule has 0 unspecified atom stereocenters. The Morgan fingerprint density at radius 2 is 1.45 bits per heavy atom.